The van der Waals surface area contributed by atoms with Crippen LogP contribution in [0.3, 0.4) is 0 Å². The Morgan fingerprint density at radius 1 is 1.05 bits per heavy atom. The summed E-state index contributed by atoms with van der Waals surface area (Å²) in [5.41, 5.74) is 1.90. The minimum absolute atomic E-state index is 0.433. The van der Waals surface area contributed by atoms with E-state index in [0.717, 1.165) is 21.8 Å². The molecule has 0 amide bonds. The lowest BCUT2D eigenvalue weighted by molar-refractivity contribution is 0.301. The van der Waals surface area contributed by atoms with E-state index in [1.54, 1.807) is 12.1 Å². The minimum Gasteiger partial charge on any atom is -0.481 e. The van der Waals surface area contributed by atoms with Crippen molar-refractivity contribution >= 4 is 29.4 Å². The summed E-state index contributed by atoms with van der Waals surface area (Å²) < 4.78 is 15.9. The average molecular weight is 277 g/mol. The summed E-state index contributed by atoms with van der Waals surface area (Å²) in [6.07, 6.45) is -0.612. The van der Waals surface area contributed by atoms with E-state index in [0.29, 0.717) is 5.75 Å². The summed E-state index contributed by atoms with van der Waals surface area (Å²) in [6.45, 7) is 0. The van der Waals surface area contributed by atoms with E-state index in [9.17, 15) is 4.57 Å². The standard InChI is InChI=1S/C13H12NO4P/c15-19(16,17)8-18-9-5-6-11-10-3-1-2-4-12(10)14-13(11)7-9/h1-7,14H,8H2,(H2,15,16,17). The zero-order chi connectivity index (χ0) is 13.5. The number of H-pyrrole nitrogens is 1. The predicted molar refractivity (Wildman–Crippen MR) is 73.3 cm³/mol. The van der Waals surface area contributed by atoms with Gasteiger partial charge in [-0.3, -0.25) is 4.57 Å². The van der Waals surface area contributed by atoms with Crippen LogP contribution in [0.15, 0.2) is 42.5 Å². The van der Waals surface area contributed by atoms with Crippen LogP contribution in [0.5, 0.6) is 5.75 Å². The fourth-order valence-corrected chi connectivity index (χ4v) is 2.40. The molecule has 0 fully saturated rings. The molecule has 5 nitrogen and oxygen atoms in total. The van der Waals surface area contributed by atoms with Crippen molar-refractivity contribution < 1.29 is 19.1 Å². The van der Waals surface area contributed by atoms with Crippen molar-refractivity contribution in [2.24, 2.45) is 0 Å². The van der Waals surface area contributed by atoms with Crippen molar-refractivity contribution in [2.75, 3.05) is 6.35 Å². The van der Waals surface area contributed by atoms with Crippen molar-refractivity contribution in [3.63, 3.8) is 0 Å². The molecule has 0 atom stereocenters. The highest BCUT2D eigenvalue weighted by Crippen LogP contribution is 2.35. The molecular formula is C13H12NO4P. The maximum Gasteiger partial charge on any atom is 0.362 e. The number of hydrogen-bond acceptors (Lipinski definition) is 2. The normalized spacial score (nSPS) is 12.1. The van der Waals surface area contributed by atoms with Crippen molar-refractivity contribution in [3.05, 3.63) is 42.5 Å². The van der Waals surface area contributed by atoms with Crippen LogP contribution in [0.4, 0.5) is 0 Å². The maximum absolute atomic E-state index is 10.8. The Bertz CT molecular complexity index is 790. The first kappa shape index (κ1) is 12.2. The van der Waals surface area contributed by atoms with Crippen LogP contribution in [0.1, 0.15) is 0 Å². The largest absolute Gasteiger partial charge is 0.481 e. The Morgan fingerprint density at radius 3 is 2.58 bits per heavy atom. The zero-order valence-corrected chi connectivity index (χ0v) is 10.8. The third kappa shape index (κ3) is 2.49. The molecule has 2 aromatic carbocycles. The summed E-state index contributed by atoms with van der Waals surface area (Å²) in [5.74, 6) is 0.433. The van der Waals surface area contributed by atoms with Gasteiger partial charge in [0.15, 0.2) is 6.35 Å². The van der Waals surface area contributed by atoms with E-state index >= 15 is 0 Å². The first-order valence-electron chi connectivity index (χ1n) is 5.71. The van der Waals surface area contributed by atoms with E-state index in [2.05, 4.69) is 4.98 Å². The fraction of sp³-hybridized carbons (Fsp3) is 0.0769. The summed E-state index contributed by atoms with van der Waals surface area (Å²) in [5, 5.41) is 2.16. The van der Waals surface area contributed by atoms with Crippen molar-refractivity contribution in [2.45, 2.75) is 0 Å². The third-order valence-electron chi connectivity index (χ3n) is 2.88. The predicted octanol–water partition coefficient (Wildman–Crippen LogP) is 2.84. The SMILES string of the molecule is O=P(O)(O)COc1ccc2c(c1)[nH]c1ccccc12. The number of aromatic nitrogens is 1. The summed E-state index contributed by atoms with van der Waals surface area (Å²) >= 11 is 0. The molecule has 1 heterocycles. The van der Waals surface area contributed by atoms with E-state index in [-0.39, 0.29) is 0 Å². The molecule has 0 aliphatic heterocycles. The summed E-state index contributed by atoms with van der Waals surface area (Å²) in [4.78, 5) is 20.8. The molecule has 19 heavy (non-hydrogen) atoms. The van der Waals surface area contributed by atoms with Crippen LogP contribution in [0.25, 0.3) is 21.8 Å². The minimum atomic E-state index is -4.15. The van der Waals surface area contributed by atoms with Crippen LogP contribution in [-0.4, -0.2) is 21.1 Å². The van der Waals surface area contributed by atoms with Gasteiger partial charge in [0.25, 0.3) is 0 Å². The number of para-hydroxylation sites is 1. The monoisotopic (exact) mass is 277 g/mol. The van der Waals surface area contributed by atoms with Gasteiger partial charge in [0.2, 0.25) is 0 Å². The van der Waals surface area contributed by atoms with Gasteiger partial charge in [0.1, 0.15) is 5.75 Å². The number of benzene rings is 2. The first-order chi connectivity index (χ1) is 9.03. The molecule has 98 valence electrons. The molecule has 0 unspecified atom stereocenters. The number of rotatable bonds is 3. The van der Waals surface area contributed by atoms with Crippen LogP contribution < -0.4 is 4.74 Å². The molecule has 0 spiro atoms. The van der Waals surface area contributed by atoms with Gasteiger partial charge in [-0.1, -0.05) is 18.2 Å². The number of ether oxygens (including phenoxy) is 1. The van der Waals surface area contributed by atoms with Gasteiger partial charge >= 0.3 is 7.60 Å². The highest BCUT2D eigenvalue weighted by atomic mass is 31.2. The first-order valence-corrected chi connectivity index (χ1v) is 7.50. The number of nitrogens with one attached hydrogen (secondary N) is 1. The number of fused-ring (bicyclic) bond motifs is 3. The Kier molecular flexibility index (Phi) is 2.82. The van der Waals surface area contributed by atoms with Gasteiger partial charge in [0, 0.05) is 22.4 Å². The second kappa shape index (κ2) is 4.38. The van der Waals surface area contributed by atoms with Crippen molar-refractivity contribution in [1.29, 1.82) is 0 Å². The van der Waals surface area contributed by atoms with Gasteiger partial charge in [0.05, 0.1) is 5.52 Å². The number of hydrogen-bond donors (Lipinski definition) is 3. The van der Waals surface area contributed by atoms with Crippen molar-refractivity contribution in [3.8, 4) is 5.75 Å². The Balaban J connectivity index is 2.01. The van der Waals surface area contributed by atoms with E-state index in [1.165, 1.54) is 0 Å². The molecule has 1 aromatic heterocycles. The zero-order valence-electron chi connectivity index (χ0n) is 9.91. The second-order valence-electron chi connectivity index (χ2n) is 4.32. The topological polar surface area (TPSA) is 82.6 Å². The third-order valence-corrected chi connectivity index (χ3v) is 3.34. The van der Waals surface area contributed by atoms with Gasteiger partial charge in [-0.25, -0.2) is 0 Å². The lowest BCUT2D eigenvalue weighted by atomic mass is 10.1. The van der Waals surface area contributed by atoms with Crippen LogP contribution in [0, 0.1) is 0 Å². The summed E-state index contributed by atoms with van der Waals surface area (Å²) in [6, 6.07) is 13.2. The molecule has 0 bridgehead atoms. The van der Waals surface area contributed by atoms with Gasteiger partial charge in [-0.15, -0.1) is 0 Å². The molecule has 0 saturated carbocycles. The van der Waals surface area contributed by atoms with Gasteiger partial charge in [-0.2, -0.15) is 0 Å². The van der Waals surface area contributed by atoms with Gasteiger partial charge in [-0.05, 0) is 18.2 Å². The highest BCUT2D eigenvalue weighted by molar-refractivity contribution is 7.51. The van der Waals surface area contributed by atoms with Crippen LogP contribution >= 0.6 is 7.60 Å². The highest BCUT2D eigenvalue weighted by Gasteiger charge is 2.14. The Hall–Kier alpha value is -1.81. The molecule has 0 aliphatic rings. The molecular weight excluding hydrogens is 265 g/mol. The molecule has 3 N–H and O–H groups in total. The lowest BCUT2D eigenvalue weighted by Crippen LogP contribution is -1.97. The van der Waals surface area contributed by atoms with Crippen LogP contribution in [0.2, 0.25) is 0 Å². The Labute approximate surface area is 109 Å². The average Bonchev–Trinajstić information content (AvgIpc) is 2.73. The van der Waals surface area contributed by atoms with Gasteiger partial charge < -0.3 is 19.5 Å². The summed E-state index contributed by atoms with van der Waals surface area (Å²) in [7, 11) is -4.15. The van der Waals surface area contributed by atoms with E-state index in [4.69, 9.17) is 14.5 Å². The second-order valence-corrected chi connectivity index (χ2v) is 5.90. The fourth-order valence-electron chi connectivity index (χ4n) is 2.08. The molecule has 6 heteroatoms. The van der Waals surface area contributed by atoms with E-state index in [1.807, 2.05) is 30.3 Å². The molecule has 3 rings (SSSR count). The quantitative estimate of drug-likeness (QED) is 0.643. The molecule has 0 radical (unpaired) electrons. The van der Waals surface area contributed by atoms with E-state index < -0.39 is 13.9 Å². The molecule has 0 saturated heterocycles. The Morgan fingerprint density at radius 2 is 1.79 bits per heavy atom. The maximum atomic E-state index is 10.8. The number of aromatic amines is 1. The lowest BCUT2D eigenvalue weighted by Gasteiger charge is -2.07. The van der Waals surface area contributed by atoms with Crippen molar-refractivity contribution in [1.82, 2.24) is 4.98 Å². The smallest absolute Gasteiger partial charge is 0.362 e. The van der Waals surface area contributed by atoms with Crippen LogP contribution in [-0.2, 0) is 4.57 Å². The molecule has 0 aliphatic carbocycles. The molecule has 3 aromatic rings.